The first-order chi connectivity index (χ1) is 12.1. The van der Waals surface area contributed by atoms with E-state index in [1.165, 1.54) is 10.1 Å². The molecule has 0 atom stereocenters. The third-order valence-corrected chi connectivity index (χ3v) is 4.29. The number of hydrogen-bond donors (Lipinski definition) is 1. The summed E-state index contributed by atoms with van der Waals surface area (Å²) < 4.78 is 6.67. The van der Waals surface area contributed by atoms with E-state index >= 15 is 0 Å². The standard InChI is InChI=1S/C20H21N3O2/c1-23-19(24)17(13-22-20(23)21)10-9-14-5-3-6-15(11-14)16-7-4-8-18(12-16)25-2/h3-8,11-13H,9-10H2,1-2H3,(H2,21,22). The Hall–Kier alpha value is -3.08. The third kappa shape index (κ3) is 3.71. The summed E-state index contributed by atoms with van der Waals surface area (Å²) in [6, 6.07) is 16.3. The summed E-state index contributed by atoms with van der Waals surface area (Å²) in [5, 5.41) is 0. The highest BCUT2D eigenvalue weighted by Crippen LogP contribution is 2.24. The lowest BCUT2D eigenvalue weighted by atomic mass is 10.00. The molecule has 0 bridgehead atoms. The predicted molar refractivity (Wildman–Crippen MR) is 99.7 cm³/mol. The van der Waals surface area contributed by atoms with E-state index in [1.807, 2.05) is 24.3 Å². The molecule has 128 valence electrons. The second-order valence-electron chi connectivity index (χ2n) is 5.94. The summed E-state index contributed by atoms with van der Waals surface area (Å²) in [6.45, 7) is 0. The molecule has 0 saturated carbocycles. The van der Waals surface area contributed by atoms with Crippen molar-refractivity contribution in [2.75, 3.05) is 12.8 Å². The van der Waals surface area contributed by atoms with Gasteiger partial charge in [0.05, 0.1) is 7.11 Å². The van der Waals surface area contributed by atoms with Crippen molar-refractivity contribution in [1.82, 2.24) is 9.55 Å². The number of aromatic nitrogens is 2. The van der Waals surface area contributed by atoms with E-state index in [0.29, 0.717) is 12.0 Å². The van der Waals surface area contributed by atoms with Crippen molar-refractivity contribution in [2.45, 2.75) is 12.8 Å². The van der Waals surface area contributed by atoms with Gasteiger partial charge in [-0.05, 0) is 41.7 Å². The van der Waals surface area contributed by atoms with Gasteiger partial charge in [-0.25, -0.2) is 4.98 Å². The van der Waals surface area contributed by atoms with E-state index in [1.54, 1.807) is 20.4 Å². The highest BCUT2D eigenvalue weighted by Gasteiger charge is 2.06. The molecule has 0 amide bonds. The minimum Gasteiger partial charge on any atom is -0.497 e. The Kier molecular flexibility index (Phi) is 4.84. The Morgan fingerprint density at radius 2 is 1.80 bits per heavy atom. The van der Waals surface area contributed by atoms with Gasteiger partial charge in [-0.3, -0.25) is 9.36 Å². The van der Waals surface area contributed by atoms with Crippen molar-refractivity contribution >= 4 is 5.95 Å². The average Bonchev–Trinajstić information content (AvgIpc) is 2.66. The normalized spacial score (nSPS) is 10.6. The van der Waals surface area contributed by atoms with Crippen molar-refractivity contribution in [3.05, 3.63) is 76.2 Å². The van der Waals surface area contributed by atoms with Crippen LogP contribution >= 0.6 is 0 Å². The topological polar surface area (TPSA) is 70.1 Å². The van der Waals surface area contributed by atoms with Gasteiger partial charge in [0.25, 0.3) is 5.56 Å². The molecule has 0 fully saturated rings. The number of nitrogens with zero attached hydrogens (tertiary/aromatic N) is 2. The van der Waals surface area contributed by atoms with Crippen LogP contribution in [0.4, 0.5) is 5.95 Å². The van der Waals surface area contributed by atoms with Crippen LogP contribution in [0.5, 0.6) is 5.75 Å². The molecule has 1 heterocycles. The van der Waals surface area contributed by atoms with Crippen LogP contribution in [0.2, 0.25) is 0 Å². The molecule has 0 aliphatic heterocycles. The van der Waals surface area contributed by atoms with Crippen LogP contribution in [0.25, 0.3) is 11.1 Å². The van der Waals surface area contributed by atoms with E-state index in [2.05, 4.69) is 29.2 Å². The first kappa shape index (κ1) is 16.8. The molecule has 25 heavy (non-hydrogen) atoms. The summed E-state index contributed by atoms with van der Waals surface area (Å²) >= 11 is 0. The Labute approximate surface area is 146 Å². The molecule has 3 aromatic rings. The first-order valence-corrected chi connectivity index (χ1v) is 8.12. The maximum atomic E-state index is 12.2. The number of ether oxygens (including phenoxy) is 1. The van der Waals surface area contributed by atoms with E-state index in [9.17, 15) is 4.79 Å². The second kappa shape index (κ2) is 7.21. The van der Waals surface area contributed by atoms with Crippen LogP contribution in [0.1, 0.15) is 11.1 Å². The highest BCUT2D eigenvalue weighted by atomic mass is 16.5. The largest absolute Gasteiger partial charge is 0.497 e. The predicted octanol–water partition coefficient (Wildman–Crippen LogP) is 2.82. The molecular formula is C20H21N3O2. The molecule has 2 N–H and O–H groups in total. The van der Waals surface area contributed by atoms with Crippen molar-refractivity contribution in [3.63, 3.8) is 0 Å². The quantitative estimate of drug-likeness (QED) is 0.778. The van der Waals surface area contributed by atoms with Gasteiger partial charge in [0.15, 0.2) is 0 Å². The molecule has 0 unspecified atom stereocenters. The molecule has 0 radical (unpaired) electrons. The van der Waals surface area contributed by atoms with Gasteiger partial charge in [-0.2, -0.15) is 0 Å². The monoisotopic (exact) mass is 335 g/mol. The van der Waals surface area contributed by atoms with Crippen LogP contribution in [-0.4, -0.2) is 16.7 Å². The number of benzene rings is 2. The number of hydrogen-bond acceptors (Lipinski definition) is 4. The van der Waals surface area contributed by atoms with Crippen molar-refractivity contribution in [2.24, 2.45) is 7.05 Å². The Bertz CT molecular complexity index is 948. The Morgan fingerprint density at radius 1 is 1.08 bits per heavy atom. The van der Waals surface area contributed by atoms with Gasteiger partial charge in [0.2, 0.25) is 5.95 Å². The smallest absolute Gasteiger partial charge is 0.257 e. The van der Waals surface area contributed by atoms with Crippen LogP contribution in [0, 0.1) is 0 Å². The number of methoxy groups -OCH3 is 1. The van der Waals surface area contributed by atoms with Gasteiger partial charge >= 0.3 is 0 Å². The van der Waals surface area contributed by atoms with Crippen LogP contribution in [0.15, 0.2) is 59.5 Å². The van der Waals surface area contributed by atoms with E-state index < -0.39 is 0 Å². The Balaban J connectivity index is 1.80. The van der Waals surface area contributed by atoms with Gasteiger partial charge in [0, 0.05) is 18.8 Å². The number of anilines is 1. The van der Waals surface area contributed by atoms with Crippen molar-refractivity contribution in [1.29, 1.82) is 0 Å². The van der Waals surface area contributed by atoms with E-state index in [4.69, 9.17) is 10.5 Å². The molecule has 5 heteroatoms. The van der Waals surface area contributed by atoms with Gasteiger partial charge in [0.1, 0.15) is 5.75 Å². The third-order valence-electron chi connectivity index (χ3n) is 4.29. The zero-order valence-corrected chi connectivity index (χ0v) is 14.4. The Morgan fingerprint density at radius 3 is 2.56 bits per heavy atom. The average molecular weight is 335 g/mol. The minimum atomic E-state index is -0.0866. The highest BCUT2D eigenvalue weighted by molar-refractivity contribution is 5.65. The molecule has 5 nitrogen and oxygen atoms in total. The van der Waals surface area contributed by atoms with Crippen LogP contribution in [0.3, 0.4) is 0 Å². The van der Waals surface area contributed by atoms with E-state index in [-0.39, 0.29) is 11.5 Å². The first-order valence-electron chi connectivity index (χ1n) is 8.12. The lowest BCUT2D eigenvalue weighted by Gasteiger charge is -2.08. The SMILES string of the molecule is COc1cccc(-c2cccc(CCc3cnc(N)n(C)c3=O)c2)c1. The summed E-state index contributed by atoms with van der Waals surface area (Å²) in [4.78, 5) is 16.3. The number of nitrogens with two attached hydrogens (primary N) is 1. The molecule has 0 aliphatic rings. The fourth-order valence-corrected chi connectivity index (χ4v) is 2.76. The zero-order valence-electron chi connectivity index (χ0n) is 14.4. The lowest BCUT2D eigenvalue weighted by Crippen LogP contribution is -2.24. The second-order valence-corrected chi connectivity index (χ2v) is 5.94. The maximum Gasteiger partial charge on any atom is 0.257 e. The lowest BCUT2D eigenvalue weighted by molar-refractivity contribution is 0.415. The van der Waals surface area contributed by atoms with Gasteiger partial charge in [-0.15, -0.1) is 0 Å². The number of rotatable bonds is 5. The fraction of sp³-hybridized carbons (Fsp3) is 0.200. The molecular weight excluding hydrogens is 314 g/mol. The molecule has 0 spiro atoms. The fourth-order valence-electron chi connectivity index (χ4n) is 2.76. The van der Waals surface area contributed by atoms with Crippen LogP contribution < -0.4 is 16.0 Å². The van der Waals surface area contributed by atoms with Crippen molar-refractivity contribution < 1.29 is 4.74 Å². The van der Waals surface area contributed by atoms with Gasteiger partial charge < -0.3 is 10.5 Å². The summed E-state index contributed by atoms with van der Waals surface area (Å²) in [5.41, 5.74) is 9.62. The zero-order chi connectivity index (χ0) is 17.8. The van der Waals surface area contributed by atoms with Crippen molar-refractivity contribution in [3.8, 4) is 16.9 Å². The number of nitrogen functional groups attached to an aromatic ring is 1. The molecule has 3 rings (SSSR count). The summed E-state index contributed by atoms with van der Waals surface area (Å²) in [6.07, 6.45) is 2.96. The maximum absolute atomic E-state index is 12.2. The molecule has 0 aliphatic carbocycles. The number of aryl methyl sites for hydroxylation is 2. The van der Waals surface area contributed by atoms with Crippen LogP contribution in [-0.2, 0) is 19.9 Å². The van der Waals surface area contributed by atoms with E-state index in [0.717, 1.165) is 23.3 Å². The molecule has 1 aromatic heterocycles. The van der Waals surface area contributed by atoms with Gasteiger partial charge in [-0.1, -0.05) is 36.4 Å². The molecule has 2 aromatic carbocycles. The molecule has 0 saturated heterocycles. The summed E-state index contributed by atoms with van der Waals surface area (Å²) in [5.74, 6) is 1.06. The summed E-state index contributed by atoms with van der Waals surface area (Å²) in [7, 11) is 3.30. The minimum absolute atomic E-state index is 0.0866.